The molecule has 2 N–H and O–H groups in total. The molecular formula is C12H19BrN2O4S2. The average Bonchev–Trinajstić information content (AvgIpc) is 2.37. The lowest BCUT2D eigenvalue weighted by molar-refractivity contribution is 0.484. The molecule has 1 aromatic carbocycles. The van der Waals surface area contributed by atoms with Crippen molar-refractivity contribution in [2.24, 2.45) is 5.73 Å². The highest BCUT2D eigenvalue weighted by atomic mass is 79.9. The van der Waals surface area contributed by atoms with Crippen LogP contribution in [0.1, 0.15) is 11.1 Å². The van der Waals surface area contributed by atoms with E-state index in [0.29, 0.717) is 15.6 Å². The van der Waals surface area contributed by atoms with E-state index >= 15 is 0 Å². The lowest BCUT2D eigenvalue weighted by atomic mass is 10.1. The van der Waals surface area contributed by atoms with Gasteiger partial charge in [-0.1, -0.05) is 15.9 Å². The number of sulfonamides is 1. The lowest BCUT2D eigenvalue weighted by Gasteiger charge is -2.19. The number of rotatable bonds is 6. The summed E-state index contributed by atoms with van der Waals surface area (Å²) >= 11 is 3.32. The molecule has 0 bridgehead atoms. The second-order valence-corrected chi connectivity index (χ2v) is 9.99. The van der Waals surface area contributed by atoms with Crippen LogP contribution in [0.25, 0.3) is 0 Å². The van der Waals surface area contributed by atoms with E-state index < -0.39 is 19.9 Å². The zero-order chi connectivity index (χ0) is 16.4. The maximum absolute atomic E-state index is 12.6. The zero-order valence-corrected chi connectivity index (χ0v) is 15.3. The predicted molar refractivity (Wildman–Crippen MR) is 86.3 cm³/mol. The third kappa shape index (κ3) is 4.75. The Morgan fingerprint density at radius 2 is 1.81 bits per heavy atom. The fraction of sp³-hybridized carbons (Fsp3) is 0.500. The molecule has 0 spiro atoms. The summed E-state index contributed by atoms with van der Waals surface area (Å²) in [6.07, 6.45) is 1.07. The van der Waals surface area contributed by atoms with Crippen molar-refractivity contribution in [2.75, 3.05) is 25.6 Å². The minimum absolute atomic E-state index is 0.0922. The molecule has 0 radical (unpaired) electrons. The van der Waals surface area contributed by atoms with Crippen LogP contribution in [0.2, 0.25) is 0 Å². The quantitative estimate of drug-likeness (QED) is 0.766. The molecule has 9 heteroatoms. The molecule has 0 fully saturated rings. The molecule has 0 atom stereocenters. The molecule has 1 aromatic rings. The van der Waals surface area contributed by atoms with E-state index in [1.54, 1.807) is 13.0 Å². The Labute approximate surface area is 134 Å². The highest BCUT2D eigenvalue weighted by Crippen LogP contribution is 2.27. The van der Waals surface area contributed by atoms with Gasteiger partial charge in [-0.05, 0) is 30.2 Å². The van der Waals surface area contributed by atoms with E-state index in [-0.39, 0.29) is 23.7 Å². The summed E-state index contributed by atoms with van der Waals surface area (Å²) < 4.78 is 49.2. The normalized spacial score (nSPS) is 12.9. The van der Waals surface area contributed by atoms with E-state index in [9.17, 15) is 16.8 Å². The fourth-order valence-electron chi connectivity index (χ4n) is 1.68. The summed E-state index contributed by atoms with van der Waals surface area (Å²) in [5.41, 5.74) is 6.82. The van der Waals surface area contributed by atoms with Crippen molar-refractivity contribution in [2.45, 2.75) is 18.4 Å². The molecule has 0 aliphatic heterocycles. The van der Waals surface area contributed by atoms with Crippen molar-refractivity contribution in [1.82, 2.24) is 4.31 Å². The molecule has 0 unspecified atom stereocenters. The van der Waals surface area contributed by atoms with Crippen molar-refractivity contribution in [1.29, 1.82) is 0 Å². The molecule has 0 aromatic heterocycles. The number of nitrogens with zero attached hydrogens (tertiary/aromatic N) is 1. The van der Waals surface area contributed by atoms with E-state index in [4.69, 9.17) is 5.73 Å². The number of benzene rings is 1. The van der Waals surface area contributed by atoms with Crippen LogP contribution in [-0.4, -0.2) is 46.7 Å². The van der Waals surface area contributed by atoms with E-state index in [1.807, 2.05) is 0 Å². The third-order valence-electron chi connectivity index (χ3n) is 3.06. The SMILES string of the molecule is Cc1c(Br)cc(CN)cc1S(=O)(=O)N(C)CCS(C)(=O)=O. The van der Waals surface area contributed by atoms with Gasteiger partial charge in [0.1, 0.15) is 9.84 Å². The van der Waals surface area contributed by atoms with Crippen LogP contribution in [0.15, 0.2) is 21.5 Å². The van der Waals surface area contributed by atoms with Crippen molar-refractivity contribution in [3.8, 4) is 0 Å². The topological polar surface area (TPSA) is 97.5 Å². The molecular weight excluding hydrogens is 380 g/mol. The van der Waals surface area contributed by atoms with Gasteiger partial charge in [0, 0.05) is 30.9 Å². The molecule has 21 heavy (non-hydrogen) atoms. The average molecular weight is 399 g/mol. The summed E-state index contributed by atoms with van der Waals surface area (Å²) in [7, 11) is -5.63. The summed E-state index contributed by atoms with van der Waals surface area (Å²) in [5.74, 6) is -0.223. The van der Waals surface area contributed by atoms with Gasteiger partial charge in [0.15, 0.2) is 0 Å². The lowest BCUT2D eigenvalue weighted by Crippen LogP contribution is -2.32. The minimum atomic E-state index is -3.76. The predicted octanol–water partition coefficient (Wildman–Crippen LogP) is 0.881. The smallest absolute Gasteiger partial charge is 0.243 e. The standard InChI is InChI=1S/C12H19BrN2O4S2/c1-9-11(13)6-10(8-14)7-12(9)21(18,19)15(2)4-5-20(3,16)17/h6-7H,4-5,8,14H2,1-3H3. The first kappa shape index (κ1) is 18.6. The number of sulfone groups is 1. The van der Waals surface area contributed by atoms with Crippen LogP contribution >= 0.6 is 15.9 Å². The summed E-state index contributed by atoms with van der Waals surface area (Å²) in [4.78, 5) is 0.133. The Bertz CT molecular complexity index is 730. The van der Waals surface area contributed by atoms with Crippen molar-refractivity contribution >= 4 is 35.8 Å². The molecule has 0 aliphatic rings. The van der Waals surface area contributed by atoms with Gasteiger partial charge in [0.2, 0.25) is 10.0 Å². The van der Waals surface area contributed by atoms with Gasteiger partial charge >= 0.3 is 0 Å². The van der Waals surface area contributed by atoms with E-state index in [1.165, 1.54) is 13.1 Å². The Kier molecular flexibility index (Phi) is 5.96. The van der Waals surface area contributed by atoms with Crippen LogP contribution < -0.4 is 5.73 Å². The summed E-state index contributed by atoms with van der Waals surface area (Å²) in [6.45, 7) is 1.81. The number of hydrogen-bond acceptors (Lipinski definition) is 5. The Hall–Kier alpha value is -0.480. The van der Waals surface area contributed by atoms with Crippen molar-refractivity contribution in [3.05, 3.63) is 27.7 Å². The van der Waals surface area contributed by atoms with Crippen molar-refractivity contribution < 1.29 is 16.8 Å². The van der Waals surface area contributed by atoms with Crippen molar-refractivity contribution in [3.63, 3.8) is 0 Å². The maximum Gasteiger partial charge on any atom is 0.243 e. The minimum Gasteiger partial charge on any atom is -0.326 e. The Morgan fingerprint density at radius 1 is 1.24 bits per heavy atom. The first-order valence-electron chi connectivity index (χ1n) is 6.12. The summed E-state index contributed by atoms with van der Waals surface area (Å²) in [5, 5.41) is 0. The Morgan fingerprint density at radius 3 is 2.29 bits per heavy atom. The second kappa shape index (κ2) is 6.74. The molecule has 1 rings (SSSR count). The second-order valence-electron chi connectivity index (χ2n) is 4.86. The number of nitrogens with two attached hydrogens (primary N) is 1. The largest absolute Gasteiger partial charge is 0.326 e. The monoisotopic (exact) mass is 398 g/mol. The van der Waals surface area contributed by atoms with Gasteiger partial charge < -0.3 is 5.73 Å². The number of hydrogen-bond donors (Lipinski definition) is 1. The van der Waals surface area contributed by atoms with Crippen LogP contribution in [0.4, 0.5) is 0 Å². The third-order valence-corrected chi connectivity index (χ3v) is 6.79. The maximum atomic E-state index is 12.6. The van der Waals surface area contributed by atoms with Gasteiger partial charge in [0.05, 0.1) is 10.6 Å². The molecule has 0 heterocycles. The first-order chi connectivity index (χ1) is 9.49. The van der Waals surface area contributed by atoms with Gasteiger partial charge in [-0.3, -0.25) is 0 Å². The number of halogens is 1. The zero-order valence-electron chi connectivity index (χ0n) is 12.1. The molecule has 0 saturated carbocycles. The highest BCUT2D eigenvalue weighted by Gasteiger charge is 2.25. The molecule has 0 saturated heterocycles. The van der Waals surface area contributed by atoms with Gasteiger partial charge in [-0.2, -0.15) is 4.31 Å². The summed E-state index contributed by atoms with van der Waals surface area (Å²) in [6, 6.07) is 3.29. The van der Waals surface area contributed by atoms with E-state index in [2.05, 4.69) is 15.9 Å². The van der Waals surface area contributed by atoms with Crippen LogP contribution in [0.3, 0.4) is 0 Å². The molecule has 0 aliphatic carbocycles. The van der Waals surface area contributed by atoms with Crippen LogP contribution in [0, 0.1) is 6.92 Å². The van der Waals surface area contributed by atoms with Gasteiger partial charge in [0.25, 0.3) is 0 Å². The van der Waals surface area contributed by atoms with Crippen LogP contribution in [-0.2, 0) is 26.4 Å². The molecule has 6 nitrogen and oxygen atoms in total. The molecule has 0 amide bonds. The van der Waals surface area contributed by atoms with Gasteiger partial charge in [-0.25, -0.2) is 16.8 Å². The van der Waals surface area contributed by atoms with Crippen LogP contribution in [0.5, 0.6) is 0 Å². The fourth-order valence-corrected chi connectivity index (χ4v) is 4.50. The van der Waals surface area contributed by atoms with E-state index in [0.717, 1.165) is 10.6 Å². The molecule has 120 valence electrons. The highest BCUT2D eigenvalue weighted by molar-refractivity contribution is 9.10. The Balaban J connectivity index is 3.21. The first-order valence-corrected chi connectivity index (χ1v) is 10.4. The van der Waals surface area contributed by atoms with Gasteiger partial charge in [-0.15, -0.1) is 0 Å².